The van der Waals surface area contributed by atoms with Gasteiger partial charge in [-0.25, -0.2) is 0 Å². The summed E-state index contributed by atoms with van der Waals surface area (Å²) >= 11 is 0. The normalized spacial score (nSPS) is 16.0. The monoisotopic (exact) mass is 198 g/mol. The zero-order chi connectivity index (χ0) is 4.24. The molecule has 1 saturated heterocycles. The van der Waals surface area contributed by atoms with E-state index >= 15 is 0 Å². The Hall–Kier alpha value is 0.933. The summed E-state index contributed by atoms with van der Waals surface area (Å²) in [7, 11) is 0. The third kappa shape index (κ3) is 8.93. The van der Waals surface area contributed by atoms with Gasteiger partial charge in [0.2, 0.25) is 0 Å². The maximum Gasteiger partial charge on any atom is 2.00 e. The van der Waals surface area contributed by atoms with E-state index in [4.69, 9.17) is 0 Å². The summed E-state index contributed by atoms with van der Waals surface area (Å²) in [4.78, 5) is 0. The third-order valence-electron chi connectivity index (χ3n) is 0.957. The zero-order valence-corrected chi connectivity index (χ0v) is 7.94. The minimum atomic E-state index is 0. The van der Waals surface area contributed by atoms with Gasteiger partial charge in [0.1, 0.15) is 0 Å². The molecule has 1 aliphatic heterocycles. The van der Waals surface area contributed by atoms with Gasteiger partial charge < -0.3 is 27.5 Å². The fourth-order valence-corrected chi connectivity index (χ4v) is 0.604. The molecule has 0 unspecified atom stereocenters. The summed E-state index contributed by atoms with van der Waals surface area (Å²) in [6.07, 6.45) is 0. The van der Waals surface area contributed by atoms with Gasteiger partial charge in [-0.3, -0.25) is 0 Å². The Kier molecular flexibility index (Phi) is 21.4. The van der Waals surface area contributed by atoms with E-state index in [9.17, 15) is 0 Å². The molecular formula is C4H10B2N2Zr. The molecule has 0 aromatic rings. The number of hydrogen-bond donors (Lipinski definition) is 2. The molecule has 8 radical (unpaired) electrons. The molecule has 0 bridgehead atoms. The number of nitrogens with one attached hydrogen (secondary N) is 2. The standard InChI is InChI=1S/C4H10N2.2B.Zr/c1-2-6-4-3-5-1;;;/h5-6H,1-4H2;;;/q;2*-1;+2. The molecule has 1 aliphatic rings. The summed E-state index contributed by atoms with van der Waals surface area (Å²) < 4.78 is 0. The third-order valence-corrected chi connectivity index (χ3v) is 0.957. The van der Waals surface area contributed by atoms with Crippen molar-refractivity contribution in [1.82, 2.24) is 10.6 Å². The summed E-state index contributed by atoms with van der Waals surface area (Å²) in [6, 6.07) is 0. The van der Waals surface area contributed by atoms with Crippen LogP contribution in [0.1, 0.15) is 0 Å². The van der Waals surface area contributed by atoms with Crippen LogP contribution in [0.4, 0.5) is 0 Å². The molecule has 0 aromatic heterocycles. The number of hydrogen-bond acceptors (Lipinski definition) is 2. The maximum atomic E-state index is 3.22. The van der Waals surface area contributed by atoms with Crippen LogP contribution in [0.5, 0.6) is 0 Å². The van der Waals surface area contributed by atoms with Crippen LogP contribution >= 0.6 is 0 Å². The van der Waals surface area contributed by atoms with Gasteiger partial charge in [-0.05, 0) is 0 Å². The Morgan fingerprint density at radius 3 is 1.00 bits per heavy atom. The Labute approximate surface area is 79.8 Å². The first-order chi connectivity index (χ1) is 3.00. The minimum absolute atomic E-state index is 0. The smallest absolute Gasteiger partial charge is 1.00 e. The summed E-state index contributed by atoms with van der Waals surface area (Å²) in [6.45, 7) is 4.56. The molecular weight excluding hydrogens is 189 g/mol. The largest absolute Gasteiger partial charge is 2.00 e. The summed E-state index contributed by atoms with van der Waals surface area (Å²) in [5.41, 5.74) is 0. The van der Waals surface area contributed by atoms with Crippen molar-refractivity contribution in [3.63, 3.8) is 0 Å². The van der Waals surface area contributed by atoms with E-state index in [0.29, 0.717) is 0 Å². The predicted molar refractivity (Wildman–Crippen MR) is 37.2 cm³/mol. The van der Waals surface area contributed by atoms with Crippen LogP contribution in [0, 0.1) is 0 Å². The number of rotatable bonds is 0. The van der Waals surface area contributed by atoms with E-state index in [-0.39, 0.29) is 43.0 Å². The fourth-order valence-electron chi connectivity index (χ4n) is 0.604. The molecule has 2 nitrogen and oxygen atoms in total. The molecule has 2 N–H and O–H groups in total. The van der Waals surface area contributed by atoms with Crippen molar-refractivity contribution in [3.05, 3.63) is 0 Å². The first kappa shape index (κ1) is 16.5. The molecule has 1 fully saturated rings. The molecule has 0 saturated carbocycles. The fraction of sp³-hybridized carbons (Fsp3) is 1.00. The van der Waals surface area contributed by atoms with Gasteiger partial charge in [0.25, 0.3) is 0 Å². The van der Waals surface area contributed by atoms with Crippen molar-refractivity contribution in [2.24, 2.45) is 0 Å². The molecule has 0 aliphatic carbocycles. The average Bonchev–Trinajstić information content (AvgIpc) is 1.72. The SMILES string of the molecule is C1CNCCN1.[B-].[B-].[Zr+2]. The van der Waals surface area contributed by atoms with Gasteiger partial charge in [-0.2, -0.15) is 0 Å². The Morgan fingerprint density at radius 1 is 0.667 bits per heavy atom. The topological polar surface area (TPSA) is 24.1 Å². The van der Waals surface area contributed by atoms with Crippen molar-refractivity contribution < 1.29 is 26.2 Å². The predicted octanol–water partition coefficient (Wildman–Crippen LogP) is -1.58. The second kappa shape index (κ2) is 11.7. The van der Waals surface area contributed by atoms with Gasteiger partial charge in [-0.15, -0.1) is 0 Å². The zero-order valence-electron chi connectivity index (χ0n) is 5.48. The molecule has 9 heavy (non-hydrogen) atoms. The Morgan fingerprint density at radius 2 is 0.889 bits per heavy atom. The van der Waals surface area contributed by atoms with E-state index < -0.39 is 0 Å². The van der Waals surface area contributed by atoms with Crippen LogP contribution in [0.25, 0.3) is 0 Å². The molecule has 0 amide bonds. The van der Waals surface area contributed by atoms with E-state index in [1.807, 2.05) is 0 Å². The first-order valence-corrected chi connectivity index (χ1v) is 2.41. The van der Waals surface area contributed by atoms with Crippen LogP contribution < -0.4 is 10.6 Å². The van der Waals surface area contributed by atoms with E-state index in [0.717, 1.165) is 26.2 Å². The molecule has 1 heterocycles. The first-order valence-electron chi connectivity index (χ1n) is 2.41. The van der Waals surface area contributed by atoms with Crippen LogP contribution in [-0.4, -0.2) is 43.0 Å². The molecule has 0 atom stereocenters. The van der Waals surface area contributed by atoms with Crippen LogP contribution in [0.3, 0.4) is 0 Å². The Balaban J connectivity index is -0.000000120. The second-order valence-corrected chi connectivity index (χ2v) is 1.50. The summed E-state index contributed by atoms with van der Waals surface area (Å²) in [5.74, 6) is 0. The average molecular weight is 199 g/mol. The molecule has 0 spiro atoms. The van der Waals surface area contributed by atoms with Crippen molar-refractivity contribution in [2.45, 2.75) is 0 Å². The molecule has 5 heteroatoms. The van der Waals surface area contributed by atoms with Gasteiger partial charge in [0.15, 0.2) is 0 Å². The van der Waals surface area contributed by atoms with Gasteiger partial charge in [-0.1, -0.05) is 0 Å². The minimum Gasteiger partial charge on any atom is -1.00 e. The van der Waals surface area contributed by atoms with Gasteiger partial charge in [0.05, 0.1) is 0 Å². The van der Waals surface area contributed by atoms with Crippen molar-refractivity contribution >= 4 is 16.8 Å². The van der Waals surface area contributed by atoms with E-state index in [1.54, 1.807) is 0 Å². The quantitative estimate of drug-likeness (QED) is 0.460. The van der Waals surface area contributed by atoms with E-state index in [2.05, 4.69) is 10.6 Å². The second-order valence-electron chi connectivity index (χ2n) is 1.50. The summed E-state index contributed by atoms with van der Waals surface area (Å²) in [5, 5.41) is 6.44. The van der Waals surface area contributed by atoms with Gasteiger partial charge in [0, 0.05) is 26.2 Å². The van der Waals surface area contributed by atoms with Crippen LogP contribution in [0.2, 0.25) is 0 Å². The van der Waals surface area contributed by atoms with Crippen molar-refractivity contribution in [1.29, 1.82) is 0 Å². The van der Waals surface area contributed by atoms with E-state index in [1.165, 1.54) is 0 Å². The van der Waals surface area contributed by atoms with Crippen LogP contribution in [0.15, 0.2) is 0 Å². The van der Waals surface area contributed by atoms with Crippen LogP contribution in [-0.2, 0) is 26.2 Å². The Bertz CT molecular complexity index is 32.0. The molecule has 0 aromatic carbocycles. The van der Waals surface area contributed by atoms with Crippen molar-refractivity contribution in [2.75, 3.05) is 26.2 Å². The number of piperazine rings is 1. The molecule has 46 valence electrons. The molecule has 1 rings (SSSR count). The van der Waals surface area contributed by atoms with Crippen molar-refractivity contribution in [3.8, 4) is 0 Å². The van der Waals surface area contributed by atoms with Gasteiger partial charge >= 0.3 is 26.2 Å². The maximum absolute atomic E-state index is 3.22.